The first kappa shape index (κ1) is 19.9. The van der Waals surface area contributed by atoms with E-state index in [1.807, 2.05) is 0 Å². The molecule has 0 unspecified atom stereocenters. The minimum atomic E-state index is -0.630. The second-order valence-corrected chi connectivity index (χ2v) is 7.02. The maximum absolute atomic E-state index is 12.7. The summed E-state index contributed by atoms with van der Waals surface area (Å²) in [5.74, 6) is -1.86. The summed E-state index contributed by atoms with van der Waals surface area (Å²) in [6, 6.07) is 8.95. The van der Waals surface area contributed by atoms with Crippen LogP contribution in [0.15, 0.2) is 46.4 Å². The van der Waals surface area contributed by atoms with Gasteiger partial charge in [0, 0.05) is 10.6 Å². The lowest BCUT2D eigenvalue weighted by atomic mass is 10.1. The summed E-state index contributed by atoms with van der Waals surface area (Å²) in [5.41, 5.74) is 3.19. The van der Waals surface area contributed by atoms with Gasteiger partial charge in [-0.2, -0.15) is 0 Å². The summed E-state index contributed by atoms with van der Waals surface area (Å²) in [5, 5.41) is 11.5. The molecule has 0 saturated carbocycles. The summed E-state index contributed by atoms with van der Waals surface area (Å²) in [4.78, 5) is 36.7. The molecule has 2 amide bonds. The first-order valence-electron chi connectivity index (χ1n) is 8.14. The average Bonchev–Trinajstić information content (AvgIpc) is 2.94. The highest BCUT2D eigenvalue weighted by atomic mass is 79.9. The second-order valence-electron chi connectivity index (χ2n) is 5.73. The van der Waals surface area contributed by atoms with Crippen molar-refractivity contribution in [3.63, 3.8) is 0 Å². The van der Waals surface area contributed by atoms with E-state index in [1.165, 1.54) is 42.5 Å². The van der Waals surface area contributed by atoms with E-state index in [9.17, 15) is 19.5 Å². The summed E-state index contributed by atoms with van der Waals surface area (Å²) in [6.45, 7) is 1.96. The lowest BCUT2D eigenvalue weighted by Crippen LogP contribution is -2.35. The van der Waals surface area contributed by atoms with Gasteiger partial charge >= 0.3 is 5.97 Å². The van der Waals surface area contributed by atoms with Crippen LogP contribution in [0.2, 0.25) is 5.02 Å². The average molecular weight is 466 g/mol. The Hall–Kier alpha value is -2.84. The van der Waals surface area contributed by atoms with E-state index < -0.39 is 17.8 Å². The van der Waals surface area contributed by atoms with Crippen molar-refractivity contribution in [2.45, 2.75) is 6.92 Å². The zero-order chi connectivity index (χ0) is 20.4. The summed E-state index contributed by atoms with van der Waals surface area (Å²) in [6.07, 6.45) is 1.26. The summed E-state index contributed by atoms with van der Waals surface area (Å²) in [7, 11) is 0. The van der Waals surface area contributed by atoms with Crippen LogP contribution < -0.4 is 10.4 Å². The van der Waals surface area contributed by atoms with Crippen molar-refractivity contribution in [2.24, 2.45) is 0 Å². The molecule has 9 heteroatoms. The monoisotopic (exact) mass is 464 g/mol. The first-order valence-corrected chi connectivity index (χ1v) is 9.31. The van der Waals surface area contributed by atoms with Crippen molar-refractivity contribution < 1.29 is 24.2 Å². The zero-order valence-electron chi connectivity index (χ0n) is 14.5. The van der Waals surface area contributed by atoms with Crippen LogP contribution >= 0.6 is 27.5 Å². The highest BCUT2D eigenvalue weighted by Gasteiger charge is 2.34. The number of anilines is 1. The number of hydrogen-bond acceptors (Lipinski definition) is 5. The molecule has 144 valence electrons. The number of aromatic hydroxyl groups is 1. The number of hydrazine groups is 1. The maximum atomic E-state index is 12.7. The number of phenolic OH excluding ortho intramolecular Hbond substituents is 1. The molecule has 1 aliphatic heterocycles. The van der Waals surface area contributed by atoms with Crippen LogP contribution in [0.4, 0.5) is 5.69 Å². The largest absolute Gasteiger partial charge is 0.506 e. The molecule has 2 aromatic carbocycles. The molecule has 0 radical (unpaired) electrons. The highest BCUT2D eigenvalue weighted by Crippen LogP contribution is 2.33. The number of carbonyl (C=O) groups is 3. The van der Waals surface area contributed by atoms with Gasteiger partial charge in [0.25, 0.3) is 11.8 Å². The van der Waals surface area contributed by atoms with Crippen LogP contribution in [-0.4, -0.2) is 29.5 Å². The van der Waals surface area contributed by atoms with Gasteiger partial charge in [-0.1, -0.05) is 11.6 Å². The second kappa shape index (κ2) is 8.04. The Morgan fingerprint density at radius 1 is 1.29 bits per heavy atom. The van der Waals surface area contributed by atoms with Gasteiger partial charge in [-0.15, -0.1) is 0 Å². The SMILES string of the molecule is CCOC(=O)c1ccc(N2NC(=O)C(=Cc3cc(Cl)cc(Br)c3O)C2=O)cc1. The van der Waals surface area contributed by atoms with E-state index in [0.717, 1.165) is 5.01 Å². The number of carbonyl (C=O) groups excluding carboxylic acids is 3. The Kier molecular flexibility index (Phi) is 5.71. The van der Waals surface area contributed by atoms with Gasteiger partial charge in [-0.3, -0.25) is 15.0 Å². The fourth-order valence-corrected chi connectivity index (χ4v) is 3.39. The Balaban J connectivity index is 1.89. The van der Waals surface area contributed by atoms with Crippen LogP contribution in [0, 0.1) is 0 Å². The van der Waals surface area contributed by atoms with Gasteiger partial charge in [0.15, 0.2) is 0 Å². The Bertz CT molecular complexity index is 1000. The normalized spacial score (nSPS) is 15.1. The lowest BCUT2D eigenvalue weighted by molar-refractivity contribution is -0.117. The van der Waals surface area contributed by atoms with Crippen molar-refractivity contribution >= 4 is 57.1 Å². The molecule has 28 heavy (non-hydrogen) atoms. The minimum absolute atomic E-state index is 0.144. The van der Waals surface area contributed by atoms with Crippen molar-refractivity contribution in [3.05, 3.63) is 62.6 Å². The number of rotatable bonds is 4. The van der Waals surface area contributed by atoms with Crippen molar-refractivity contribution in [1.82, 2.24) is 5.43 Å². The number of ether oxygens (including phenoxy) is 1. The summed E-state index contributed by atoms with van der Waals surface area (Å²) >= 11 is 9.12. The molecule has 7 nitrogen and oxygen atoms in total. The van der Waals surface area contributed by atoms with Gasteiger partial charge in [0.2, 0.25) is 0 Å². The predicted molar refractivity (Wildman–Crippen MR) is 107 cm³/mol. The number of benzene rings is 2. The number of hydrogen-bond donors (Lipinski definition) is 2. The molecule has 1 saturated heterocycles. The maximum Gasteiger partial charge on any atom is 0.338 e. The molecule has 3 rings (SSSR count). The van der Waals surface area contributed by atoms with Gasteiger partial charge in [-0.05, 0) is 65.3 Å². The van der Waals surface area contributed by atoms with E-state index in [0.29, 0.717) is 20.7 Å². The lowest BCUT2D eigenvalue weighted by Gasteiger charge is -2.14. The number of nitrogens with zero attached hydrogens (tertiary/aromatic N) is 1. The van der Waals surface area contributed by atoms with E-state index in [-0.39, 0.29) is 23.5 Å². The fourth-order valence-electron chi connectivity index (χ4n) is 2.55. The van der Waals surface area contributed by atoms with E-state index in [1.54, 1.807) is 6.92 Å². The molecule has 2 aromatic rings. The molecule has 2 N–H and O–H groups in total. The predicted octanol–water partition coefficient (Wildman–Crippen LogP) is 3.45. The molecular formula is C19H14BrClN2O5. The third-order valence-corrected chi connectivity index (χ3v) is 4.71. The first-order chi connectivity index (χ1) is 13.3. The Morgan fingerprint density at radius 2 is 1.96 bits per heavy atom. The number of amides is 2. The van der Waals surface area contributed by atoms with Crippen LogP contribution in [-0.2, 0) is 14.3 Å². The Labute approximate surface area is 173 Å². The van der Waals surface area contributed by atoms with Crippen molar-refractivity contribution in [2.75, 3.05) is 11.6 Å². The number of nitrogens with one attached hydrogen (secondary N) is 1. The van der Waals surface area contributed by atoms with Gasteiger partial charge in [-0.25, -0.2) is 9.80 Å². The van der Waals surface area contributed by atoms with Gasteiger partial charge < -0.3 is 9.84 Å². The van der Waals surface area contributed by atoms with Crippen LogP contribution in [0.5, 0.6) is 5.75 Å². The third-order valence-electron chi connectivity index (χ3n) is 3.89. The smallest absolute Gasteiger partial charge is 0.338 e. The van der Waals surface area contributed by atoms with E-state index in [4.69, 9.17) is 16.3 Å². The molecule has 1 aliphatic rings. The van der Waals surface area contributed by atoms with Gasteiger partial charge in [0.05, 0.1) is 22.3 Å². The Morgan fingerprint density at radius 3 is 2.61 bits per heavy atom. The molecule has 1 fully saturated rings. The molecule has 0 atom stereocenters. The van der Waals surface area contributed by atoms with Crippen LogP contribution in [0.25, 0.3) is 6.08 Å². The van der Waals surface area contributed by atoms with E-state index in [2.05, 4.69) is 21.4 Å². The van der Waals surface area contributed by atoms with Crippen LogP contribution in [0.3, 0.4) is 0 Å². The molecular weight excluding hydrogens is 452 g/mol. The molecule has 0 aromatic heterocycles. The zero-order valence-corrected chi connectivity index (χ0v) is 16.9. The topological polar surface area (TPSA) is 95.9 Å². The quantitative estimate of drug-likeness (QED) is 0.410. The number of halogens is 2. The number of esters is 1. The van der Waals surface area contributed by atoms with Crippen molar-refractivity contribution in [1.29, 1.82) is 0 Å². The highest BCUT2D eigenvalue weighted by molar-refractivity contribution is 9.10. The molecule has 0 bridgehead atoms. The standard InChI is InChI=1S/C19H14BrClN2O5/c1-2-28-19(27)10-3-5-13(6-4-10)23-18(26)14(17(25)22-23)8-11-7-12(21)9-15(20)16(11)24/h3-9,24H,2H2,1H3,(H,22,25). The van der Waals surface area contributed by atoms with Crippen LogP contribution in [0.1, 0.15) is 22.8 Å². The van der Waals surface area contributed by atoms with Gasteiger partial charge in [0.1, 0.15) is 11.3 Å². The molecule has 0 aliphatic carbocycles. The number of phenols is 1. The molecule has 0 spiro atoms. The fraction of sp³-hybridized carbons (Fsp3) is 0.105. The van der Waals surface area contributed by atoms with Crippen molar-refractivity contribution in [3.8, 4) is 5.75 Å². The summed E-state index contributed by atoms with van der Waals surface area (Å²) < 4.78 is 5.25. The third kappa shape index (κ3) is 3.88. The van der Waals surface area contributed by atoms with E-state index >= 15 is 0 Å². The molecule has 1 heterocycles. The minimum Gasteiger partial charge on any atom is -0.506 e.